The number of hydrogen-bond acceptors (Lipinski definition) is 2. The Bertz CT molecular complexity index is 551. The van der Waals surface area contributed by atoms with Crippen molar-refractivity contribution in [2.75, 3.05) is 5.32 Å². The number of Topliss-reactive ketones (excluding diaryl/α,β-unsaturated/α-hetero) is 1. The lowest BCUT2D eigenvalue weighted by Crippen LogP contribution is -2.15. The molecular formula is C17H18INO. The molecule has 0 saturated heterocycles. The monoisotopic (exact) mass is 379 g/mol. The van der Waals surface area contributed by atoms with E-state index in [1.165, 1.54) is 3.57 Å². The van der Waals surface area contributed by atoms with Crippen LogP contribution in [0.25, 0.3) is 0 Å². The van der Waals surface area contributed by atoms with Crippen molar-refractivity contribution < 1.29 is 4.79 Å². The molecular weight excluding hydrogens is 361 g/mol. The molecule has 2 nitrogen and oxygen atoms in total. The molecule has 0 amide bonds. The SMILES string of the molecule is CCC(=O)CC(Nc1ccc(I)cc1)c1ccccc1. The van der Waals surface area contributed by atoms with Crippen molar-refractivity contribution in [3.05, 3.63) is 63.7 Å². The van der Waals surface area contributed by atoms with Gasteiger partial charge < -0.3 is 5.32 Å². The lowest BCUT2D eigenvalue weighted by molar-refractivity contribution is -0.119. The van der Waals surface area contributed by atoms with Crippen LogP contribution in [0, 0.1) is 3.57 Å². The minimum absolute atomic E-state index is 0.0312. The average molecular weight is 379 g/mol. The van der Waals surface area contributed by atoms with E-state index < -0.39 is 0 Å². The molecule has 1 N–H and O–H groups in total. The van der Waals surface area contributed by atoms with Gasteiger partial charge in [-0.2, -0.15) is 0 Å². The van der Waals surface area contributed by atoms with Crippen molar-refractivity contribution in [2.24, 2.45) is 0 Å². The third-order valence-corrected chi connectivity index (χ3v) is 3.93. The highest BCUT2D eigenvalue weighted by atomic mass is 127. The Morgan fingerprint density at radius 3 is 2.35 bits per heavy atom. The zero-order chi connectivity index (χ0) is 14.4. The third-order valence-electron chi connectivity index (χ3n) is 3.21. The van der Waals surface area contributed by atoms with Crippen molar-refractivity contribution >= 4 is 34.1 Å². The minimum Gasteiger partial charge on any atom is -0.378 e. The van der Waals surface area contributed by atoms with Gasteiger partial charge in [-0.25, -0.2) is 0 Å². The molecule has 0 aliphatic rings. The lowest BCUT2D eigenvalue weighted by atomic mass is 10.00. The largest absolute Gasteiger partial charge is 0.378 e. The van der Waals surface area contributed by atoms with E-state index >= 15 is 0 Å². The molecule has 1 atom stereocenters. The van der Waals surface area contributed by atoms with Gasteiger partial charge in [0.1, 0.15) is 5.78 Å². The summed E-state index contributed by atoms with van der Waals surface area (Å²) in [7, 11) is 0. The van der Waals surface area contributed by atoms with E-state index in [1.54, 1.807) is 0 Å². The van der Waals surface area contributed by atoms with Gasteiger partial charge >= 0.3 is 0 Å². The molecule has 20 heavy (non-hydrogen) atoms. The van der Waals surface area contributed by atoms with Crippen molar-refractivity contribution in [1.29, 1.82) is 0 Å². The summed E-state index contributed by atoms with van der Waals surface area (Å²) in [6.07, 6.45) is 1.10. The number of hydrogen-bond donors (Lipinski definition) is 1. The van der Waals surface area contributed by atoms with Gasteiger partial charge in [-0.3, -0.25) is 4.79 Å². The van der Waals surface area contributed by atoms with Crippen LogP contribution < -0.4 is 5.32 Å². The maximum absolute atomic E-state index is 11.8. The molecule has 0 aliphatic carbocycles. The van der Waals surface area contributed by atoms with Crippen molar-refractivity contribution in [3.8, 4) is 0 Å². The zero-order valence-corrected chi connectivity index (χ0v) is 13.6. The second-order valence-electron chi connectivity index (χ2n) is 4.71. The predicted molar refractivity (Wildman–Crippen MR) is 91.9 cm³/mol. The quantitative estimate of drug-likeness (QED) is 0.730. The molecule has 0 saturated carbocycles. The van der Waals surface area contributed by atoms with Gasteiger partial charge in [-0.05, 0) is 52.4 Å². The minimum atomic E-state index is 0.0312. The molecule has 0 fully saturated rings. The molecule has 2 rings (SSSR count). The normalized spacial score (nSPS) is 11.9. The maximum atomic E-state index is 11.8. The summed E-state index contributed by atoms with van der Waals surface area (Å²) >= 11 is 2.29. The fourth-order valence-corrected chi connectivity index (χ4v) is 2.42. The molecule has 0 aliphatic heterocycles. The van der Waals surface area contributed by atoms with E-state index in [0.29, 0.717) is 12.8 Å². The molecule has 0 heterocycles. The second-order valence-corrected chi connectivity index (χ2v) is 5.96. The number of halogens is 1. The summed E-state index contributed by atoms with van der Waals surface area (Å²) in [5.74, 6) is 0.275. The smallest absolute Gasteiger partial charge is 0.135 e. The van der Waals surface area contributed by atoms with Crippen LogP contribution in [0.5, 0.6) is 0 Å². The van der Waals surface area contributed by atoms with Crippen LogP contribution in [0.1, 0.15) is 31.4 Å². The molecule has 2 aromatic carbocycles. The number of anilines is 1. The van der Waals surface area contributed by atoms with Gasteiger partial charge in [0, 0.05) is 22.1 Å². The molecule has 0 spiro atoms. The highest BCUT2D eigenvalue weighted by molar-refractivity contribution is 14.1. The highest BCUT2D eigenvalue weighted by Gasteiger charge is 2.14. The fourth-order valence-electron chi connectivity index (χ4n) is 2.06. The van der Waals surface area contributed by atoms with E-state index in [9.17, 15) is 4.79 Å². The van der Waals surface area contributed by atoms with Crippen LogP contribution in [0.3, 0.4) is 0 Å². The third kappa shape index (κ3) is 4.34. The molecule has 0 radical (unpaired) electrons. The van der Waals surface area contributed by atoms with Crippen LogP contribution in [0.4, 0.5) is 5.69 Å². The molecule has 104 valence electrons. The number of nitrogens with one attached hydrogen (secondary N) is 1. The fraction of sp³-hybridized carbons (Fsp3) is 0.235. The lowest BCUT2D eigenvalue weighted by Gasteiger charge is -2.20. The number of carbonyl (C=O) groups is 1. The van der Waals surface area contributed by atoms with Crippen LogP contribution in [0.15, 0.2) is 54.6 Å². The van der Waals surface area contributed by atoms with Crippen LogP contribution in [-0.4, -0.2) is 5.78 Å². The first kappa shape index (κ1) is 15.0. The van der Waals surface area contributed by atoms with Crippen LogP contribution in [0.2, 0.25) is 0 Å². The standard InChI is InChI=1S/C17H18INO/c1-2-16(20)12-17(13-6-4-3-5-7-13)19-15-10-8-14(18)9-11-15/h3-11,17,19H,2,12H2,1H3. The van der Waals surface area contributed by atoms with E-state index in [2.05, 4.69) is 52.2 Å². The predicted octanol–water partition coefficient (Wildman–Crippen LogP) is 4.81. The first-order valence-corrected chi connectivity index (χ1v) is 7.85. The summed E-state index contributed by atoms with van der Waals surface area (Å²) in [4.78, 5) is 11.8. The van der Waals surface area contributed by atoms with Gasteiger partial charge in [0.15, 0.2) is 0 Å². The Hall–Kier alpha value is -1.36. The van der Waals surface area contributed by atoms with E-state index in [4.69, 9.17) is 0 Å². The average Bonchev–Trinajstić information content (AvgIpc) is 2.49. The summed E-state index contributed by atoms with van der Waals surface area (Å²) in [6, 6.07) is 18.4. The van der Waals surface area contributed by atoms with E-state index in [1.807, 2.05) is 37.3 Å². The topological polar surface area (TPSA) is 29.1 Å². The summed E-state index contributed by atoms with van der Waals surface area (Å²) < 4.78 is 1.20. The molecule has 2 aromatic rings. The Morgan fingerprint density at radius 1 is 1.10 bits per heavy atom. The van der Waals surface area contributed by atoms with Gasteiger partial charge in [0.2, 0.25) is 0 Å². The summed E-state index contributed by atoms with van der Waals surface area (Å²) in [5.41, 5.74) is 2.19. The molecule has 0 bridgehead atoms. The Labute approximate surface area is 133 Å². The first-order chi connectivity index (χ1) is 9.69. The van der Waals surface area contributed by atoms with Crippen molar-refractivity contribution in [2.45, 2.75) is 25.8 Å². The highest BCUT2D eigenvalue weighted by Crippen LogP contribution is 2.24. The van der Waals surface area contributed by atoms with E-state index in [-0.39, 0.29) is 11.8 Å². The molecule has 0 aromatic heterocycles. The van der Waals surface area contributed by atoms with Crippen molar-refractivity contribution in [1.82, 2.24) is 0 Å². The van der Waals surface area contributed by atoms with Gasteiger partial charge in [0.25, 0.3) is 0 Å². The van der Waals surface area contributed by atoms with Gasteiger partial charge in [-0.1, -0.05) is 37.3 Å². The van der Waals surface area contributed by atoms with Crippen LogP contribution >= 0.6 is 22.6 Å². The number of rotatable bonds is 6. The number of benzene rings is 2. The first-order valence-electron chi connectivity index (χ1n) is 6.77. The second kappa shape index (κ2) is 7.43. The molecule has 1 unspecified atom stereocenters. The van der Waals surface area contributed by atoms with E-state index in [0.717, 1.165) is 11.3 Å². The van der Waals surface area contributed by atoms with Gasteiger partial charge in [-0.15, -0.1) is 0 Å². The van der Waals surface area contributed by atoms with Crippen molar-refractivity contribution in [3.63, 3.8) is 0 Å². The summed E-state index contributed by atoms with van der Waals surface area (Å²) in [6.45, 7) is 1.91. The number of carbonyl (C=O) groups excluding carboxylic acids is 1. The van der Waals surface area contributed by atoms with Gasteiger partial charge in [0.05, 0.1) is 6.04 Å². The Balaban J connectivity index is 2.18. The zero-order valence-electron chi connectivity index (χ0n) is 11.5. The molecule has 3 heteroatoms. The Kier molecular flexibility index (Phi) is 5.59. The Morgan fingerprint density at radius 2 is 1.75 bits per heavy atom. The maximum Gasteiger partial charge on any atom is 0.135 e. The number of ketones is 1. The summed E-state index contributed by atoms with van der Waals surface area (Å²) in [5, 5.41) is 3.46. The van der Waals surface area contributed by atoms with Crippen LogP contribution in [-0.2, 0) is 4.79 Å².